The van der Waals surface area contributed by atoms with Gasteiger partial charge in [0.15, 0.2) is 17.5 Å². The summed E-state index contributed by atoms with van der Waals surface area (Å²) in [6.45, 7) is 13.3. The number of hydrogen-bond acceptors (Lipinski definition) is 4. The molecule has 4 aromatic carbocycles. The molecular weight excluding hydrogens is 512 g/mol. The summed E-state index contributed by atoms with van der Waals surface area (Å²) in [6.07, 6.45) is 1.93. The topological polar surface area (TPSA) is 51.6 Å². The fourth-order valence-corrected chi connectivity index (χ4v) is 5.06. The van der Waals surface area contributed by atoms with Crippen molar-refractivity contribution in [3.8, 4) is 45.4 Å². The quantitative estimate of drug-likeness (QED) is 0.220. The average Bonchev–Trinajstić information content (AvgIpc) is 3.00. The number of aromatic nitrogens is 4. The van der Waals surface area contributed by atoms with Crippen molar-refractivity contribution in [1.82, 2.24) is 19.9 Å². The molecule has 0 bridgehead atoms. The lowest BCUT2D eigenvalue weighted by Gasteiger charge is -2.19. The van der Waals surface area contributed by atoms with E-state index in [2.05, 4.69) is 133 Å². The normalized spacial score (nSPS) is 12.0. The van der Waals surface area contributed by atoms with E-state index in [0.717, 1.165) is 38.7 Å². The van der Waals surface area contributed by atoms with Crippen LogP contribution in [-0.2, 0) is 10.8 Å². The summed E-state index contributed by atoms with van der Waals surface area (Å²) in [5.74, 6) is 1.95. The molecule has 4 heteroatoms. The smallest absolute Gasteiger partial charge is 0.164 e. The van der Waals surface area contributed by atoms with Gasteiger partial charge in [-0.05, 0) is 39.5 Å². The summed E-state index contributed by atoms with van der Waals surface area (Å²) in [5.41, 5.74) is 7.47. The molecule has 0 saturated heterocycles. The molecule has 0 fully saturated rings. The van der Waals surface area contributed by atoms with E-state index in [1.54, 1.807) is 0 Å². The predicted octanol–water partition coefficient (Wildman–Crippen LogP) is 9.68. The van der Waals surface area contributed by atoms with Gasteiger partial charge in [-0.3, -0.25) is 4.98 Å². The molecule has 0 spiro atoms. The molecule has 4 nitrogen and oxygen atoms in total. The molecule has 0 aliphatic heterocycles. The Bertz CT molecular complexity index is 1800. The van der Waals surface area contributed by atoms with Crippen molar-refractivity contribution in [3.05, 3.63) is 120 Å². The van der Waals surface area contributed by atoms with Gasteiger partial charge < -0.3 is 0 Å². The van der Waals surface area contributed by atoms with E-state index in [0.29, 0.717) is 17.5 Å². The number of pyridine rings is 1. The first kappa shape index (κ1) is 27.5. The van der Waals surface area contributed by atoms with Crippen LogP contribution in [0.2, 0.25) is 0 Å². The monoisotopic (exact) mass is 548 g/mol. The molecule has 0 radical (unpaired) electrons. The van der Waals surface area contributed by atoms with Crippen LogP contribution in [0.15, 0.2) is 109 Å². The summed E-state index contributed by atoms with van der Waals surface area (Å²) in [5, 5.41) is 2.29. The van der Waals surface area contributed by atoms with Crippen molar-refractivity contribution in [1.29, 1.82) is 0 Å². The number of benzene rings is 4. The van der Waals surface area contributed by atoms with Crippen molar-refractivity contribution < 1.29 is 0 Å². The van der Waals surface area contributed by atoms with E-state index in [1.165, 1.54) is 11.1 Å². The minimum Gasteiger partial charge on any atom is -0.256 e. The molecule has 208 valence electrons. The lowest BCUT2D eigenvalue weighted by atomic mass is 9.86. The van der Waals surface area contributed by atoms with Crippen LogP contribution in [0.1, 0.15) is 52.7 Å². The SMILES string of the molecule is CC(C)(C)c1ccc(-c2nc(-c3ccc(C(C)(C)C)cc3)nc(-c3cccc(-c4cc5ccccc5cn4)c3)n2)cc1. The zero-order chi connectivity index (χ0) is 29.5. The Kier molecular flexibility index (Phi) is 6.94. The van der Waals surface area contributed by atoms with Crippen molar-refractivity contribution >= 4 is 10.8 Å². The van der Waals surface area contributed by atoms with Gasteiger partial charge in [0, 0.05) is 33.8 Å². The average molecular weight is 549 g/mol. The Labute approximate surface area is 248 Å². The lowest BCUT2D eigenvalue weighted by molar-refractivity contribution is 0.590. The van der Waals surface area contributed by atoms with Crippen LogP contribution >= 0.6 is 0 Å². The molecule has 42 heavy (non-hydrogen) atoms. The highest BCUT2D eigenvalue weighted by atomic mass is 15.0. The molecule has 6 aromatic rings. The van der Waals surface area contributed by atoms with E-state index in [1.807, 2.05) is 18.3 Å². The Morgan fingerprint density at radius 1 is 0.429 bits per heavy atom. The highest BCUT2D eigenvalue weighted by Gasteiger charge is 2.17. The van der Waals surface area contributed by atoms with E-state index >= 15 is 0 Å². The highest BCUT2D eigenvalue weighted by molar-refractivity contribution is 5.85. The molecule has 0 saturated carbocycles. The zero-order valence-electron chi connectivity index (χ0n) is 25.2. The largest absolute Gasteiger partial charge is 0.256 e. The van der Waals surface area contributed by atoms with Gasteiger partial charge in [-0.2, -0.15) is 0 Å². The van der Waals surface area contributed by atoms with Crippen LogP contribution in [0, 0.1) is 0 Å². The van der Waals surface area contributed by atoms with Crippen molar-refractivity contribution in [2.45, 2.75) is 52.4 Å². The third-order valence-electron chi connectivity index (χ3n) is 7.70. The first-order valence-corrected chi connectivity index (χ1v) is 14.5. The number of hydrogen-bond donors (Lipinski definition) is 0. The standard InChI is InChI=1S/C38H36N4/c1-37(2,3)31-18-14-25(15-19-31)34-40-35(26-16-20-32(21-17-26)38(4,5)6)42-36(41-34)29-13-9-12-28(22-29)33-23-27-10-7-8-11-30(27)24-39-33/h7-24H,1-6H3. The van der Waals surface area contributed by atoms with Gasteiger partial charge in [0.2, 0.25) is 0 Å². The van der Waals surface area contributed by atoms with E-state index in [4.69, 9.17) is 19.9 Å². The minimum absolute atomic E-state index is 0.0694. The summed E-state index contributed by atoms with van der Waals surface area (Å²) in [6, 6.07) is 35.8. The van der Waals surface area contributed by atoms with Crippen LogP contribution in [-0.4, -0.2) is 19.9 Å². The molecule has 2 aromatic heterocycles. The third-order valence-corrected chi connectivity index (χ3v) is 7.70. The first-order valence-electron chi connectivity index (χ1n) is 14.5. The Hall–Kier alpha value is -4.70. The van der Waals surface area contributed by atoms with Gasteiger partial charge in [0.25, 0.3) is 0 Å². The fourth-order valence-electron chi connectivity index (χ4n) is 5.06. The Morgan fingerprint density at radius 2 is 0.905 bits per heavy atom. The maximum absolute atomic E-state index is 4.99. The second-order valence-corrected chi connectivity index (χ2v) is 13.0. The lowest BCUT2D eigenvalue weighted by Crippen LogP contribution is -2.10. The third kappa shape index (κ3) is 5.71. The molecule has 6 rings (SSSR count). The van der Waals surface area contributed by atoms with E-state index < -0.39 is 0 Å². The highest BCUT2D eigenvalue weighted by Crippen LogP contribution is 2.31. The molecule has 2 heterocycles. The molecule has 0 N–H and O–H groups in total. The van der Waals surface area contributed by atoms with Gasteiger partial charge in [-0.25, -0.2) is 15.0 Å². The van der Waals surface area contributed by atoms with Gasteiger partial charge >= 0.3 is 0 Å². The second-order valence-electron chi connectivity index (χ2n) is 13.0. The summed E-state index contributed by atoms with van der Waals surface area (Å²) < 4.78 is 0. The van der Waals surface area contributed by atoms with Crippen LogP contribution in [0.4, 0.5) is 0 Å². The number of rotatable bonds is 4. The summed E-state index contributed by atoms with van der Waals surface area (Å²) in [7, 11) is 0. The van der Waals surface area contributed by atoms with Crippen LogP contribution < -0.4 is 0 Å². The van der Waals surface area contributed by atoms with Crippen molar-refractivity contribution in [3.63, 3.8) is 0 Å². The molecular formula is C38H36N4. The minimum atomic E-state index is 0.0694. The number of nitrogens with zero attached hydrogens (tertiary/aromatic N) is 4. The molecule has 0 atom stereocenters. The summed E-state index contributed by atoms with van der Waals surface area (Å²) >= 11 is 0. The van der Waals surface area contributed by atoms with E-state index in [9.17, 15) is 0 Å². The van der Waals surface area contributed by atoms with Crippen LogP contribution in [0.5, 0.6) is 0 Å². The predicted molar refractivity (Wildman–Crippen MR) is 174 cm³/mol. The second kappa shape index (κ2) is 10.6. The molecule has 0 aliphatic rings. The number of fused-ring (bicyclic) bond motifs is 1. The maximum atomic E-state index is 4.99. The van der Waals surface area contributed by atoms with Gasteiger partial charge in [-0.15, -0.1) is 0 Å². The fraction of sp³-hybridized carbons (Fsp3) is 0.211. The van der Waals surface area contributed by atoms with Crippen molar-refractivity contribution in [2.24, 2.45) is 0 Å². The van der Waals surface area contributed by atoms with Gasteiger partial charge in [-0.1, -0.05) is 133 Å². The molecule has 0 aliphatic carbocycles. The Balaban J connectivity index is 1.46. The van der Waals surface area contributed by atoms with Crippen molar-refractivity contribution in [2.75, 3.05) is 0 Å². The Morgan fingerprint density at radius 3 is 1.43 bits per heavy atom. The van der Waals surface area contributed by atoms with E-state index in [-0.39, 0.29) is 10.8 Å². The summed E-state index contributed by atoms with van der Waals surface area (Å²) in [4.78, 5) is 19.7. The van der Waals surface area contributed by atoms with Crippen LogP contribution in [0.25, 0.3) is 56.2 Å². The van der Waals surface area contributed by atoms with Crippen LogP contribution in [0.3, 0.4) is 0 Å². The first-order chi connectivity index (χ1) is 20.0. The van der Waals surface area contributed by atoms with Gasteiger partial charge in [0.05, 0.1) is 5.69 Å². The maximum Gasteiger partial charge on any atom is 0.164 e. The molecule has 0 unspecified atom stereocenters. The van der Waals surface area contributed by atoms with Gasteiger partial charge in [0.1, 0.15) is 0 Å². The molecule has 0 amide bonds. The zero-order valence-corrected chi connectivity index (χ0v) is 25.2.